The fraction of sp³-hybridized carbons (Fsp3) is 0.333. The van der Waals surface area contributed by atoms with Crippen molar-refractivity contribution in [1.82, 2.24) is 5.32 Å². The normalized spacial score (nSPS) is 14.3. The molecule has 0 radical (unpaired) electrons. The van der Waals surface area contributed by atoms with Crippen molar-refractivity contribution in [3.05, 3.63) is 60.1 Å². The minimum atomic E-state index is -0.581. The Kier molecular flexibility index (Phi) is 4.56. The van der Waals surface area contributed by atoms with E-state index in [0.717, 1.165) is 6.54 Å². The van der Waals surface area contributed by atoms with E-state index in [4.69, 9.17) is 4.42 Å². The maximum absolute atomic E-state index is 9.84. The molecule has 0 saturated carbocycles. The van der Waals surface area contributed by atoms with E-state index in [1.54, 1.807) is 18.4 Å². The fourth-order valence-electron chi connectivity index (χ4n) is 1.92. The van der Waals surface area contributed by atoms with Crippen LogP contribution in [0.25, 0.3) is 0 Å². The SMILES string of the molecule is CC(CNCC(O)c1ccco1)c1ccccc1. The van der Waals surface area contributed by atoms with E-state index in [1.807, 2.05) is 18.2 Å². The summed E-state index contributed by atoms with van der Waals surface area (Å²) in [5, 5.41) is 13.1. The third kappa shape index (κ3) is 3.45. The second-order valence-corrected chi connectivity index (χ2v) is 4.50. The van der Waals surface area contributed by atoms with Gasteiger partial charge in [0.05, 0.1) is 6.26 Å². The molecule has 0 aliphatic carbocycles. The number of furan rings is 1. The summed E-state index contributed by atoms with van der Waals surface area (Å²) < 4.78 is 5.15. The number of hydrogen-bond acceptors (Lipinski definition) is 3. The lowest BCUT2D eigenvalue weighted by Gasteiger charge is -2.14. The molecule has 3 nitrogen and oxygen atoms in total. The summed E-state index contributed by atoms with van der Waals surface area (Å²) in [5.74, 6) is 1.03. The van der Waals surface area contributed by atoms with Crippen molar-refractivity contribution < 1.29 is 9.52 Å². The average molecular weight is 245 g/mol. The number of benzene rings is 1. The molecule has 0 saturated heterocycles. The van der Waals surface area contributed by atoms with Gasteiger partial charge in [0.15, 0.2) is 0 Å². The molecule has 0 spiro atoms. The number of aliphatic hydroxyl groups is 1. The summed E-state index contributed by atoms with van der Waals surface area (Å²) >= 11 is 0. The van der Waals surface area contributed by atoms with E-state index in [-0.39, 0.29) is 0 Å². The highest BCUT2D eigenvalue weighted by atomic mass is 16.4. The van der Waals surface area contributed by atoms with Crippen LogP contribution in [0.15, 0.2) is 53.1 Å². The van der Waals surface area contributed by atoms with Gasteiger partial charge in [-0.1, -0.05) is 37.3 Å². The highest BCUT2D eigenvalue weighted by Crippen LogP contribution is 2.15. The van der Waals surface area contributed by atoms with E-state index < -0.39 is 6.10 Å². The van der Waals surface area contributed by atoms with Gasteiger partial charge in [-0.15, -0.1) is 0 Å². The molecular formula is C15H19NO2. The molecular weight excluding hydrogens is 226 g/mol. The first kappa shape index (κ1) is 12.9. The third-order valence-electron chi connectivity index (χ3n) is 3.03. The molecule has 2 rings (SSSR count). The molecule has 2 unspecified atom stereocenters. The van der Waals surface area contributed by atoms with Crippen molar-refractivity contribution in [3.8, 4) is 0 Å². The molecule has 2 aromatic rings. The highest BCUT2D eigenvalue weighted by molar-refractivity contribution is 5.19. The van der Waals surface area contributed by atoms with E-state index in [2.05, 4.69) is 24.4 Å². The zero-order valence-electron chi connectivity index (χ0n) is 10.5. The van der Waals surface area contributed by atoms with Gasteiger partial charge in [-0.3, -0.25) is 0 Å². The molecule has 0 aliphatic heterocycles. The Hall–Kier alpha value is -1.58. The van der Waals surface area contributed by atoms with Crippen molar-refractivity contribution in [3.63, 3.8) is 0 Å². The van der Waals surface area contributed by atoms with Gasteiger partial charge in [-0.25, -0.2) is 0 Å². The first-order valence-electron chi connectivity index (χ1n) is 6.24. The summed E-state index contributed by atoms with van der Waals surface area (Å²) in [6.07, 6.45) is 0.994. The zero-order valence-corrected chi connectivity index (χ0v) is 10.5. The van der Waals surface area contributed by atoms with Crippen LogP contribution in [-0.4, -0.2) is 18.2 Å². The molecule has 1 heterocycles. The number of aliphatic hydroxyl groups excluding tert-OH is 1. The Morgan fingerprint density at radius 2 is 1.89 bits per heavy atom. The first-order chi connectivity index (χ1) is 8.77. The fourth-order valence-corrected chi connectivity index (χ4v) is 1.92. The van der Waals surface area contributed by atoms with Gasteiger partial charge in [0.1, 0.15) is 11.9 Å². The number of rotatable bonds is 6. The van der Waals surface area contributed by atoms with E-state index in [0.29, 0.717) is 18.2 Å². The largest absolute Gasteiger partial charge is 0.467 e. The molecule has 3 heteroatoms. The predicted octanol–water partition coefficient (Wildman–Crippen LogP) is 2.71. The minimum absolute atomic E-state index is 0.426. The Morgan fingerprint density at radius 1 is 1.11 bits per heavy atom. The summed E-state index contributed by atoms with van der Waals surface area (Å²) in [7, 11) is 0. The standard InChI is InChI=1S/C15H19NO2/c1-12(13-6-3-2-4-7-13)10-16-11-14(17)15-8-5-9-18-15/h2-9,12,14,16-17H,10-11H2,1H3. The maximum Gasteiger partial charge on any atom is 0.133 e. The van der Waals surface area contributed by atoms with Gasteiger partial charge in [0, 0.05) is 13.1 Å². The van der Waals surface area contributed by atoms with Crippen LogP contribution < -0.4 is 5.32 Å². The lowest BCUT2D eigenvalue weighted by atomic mass is 10.0. The lowest BCUT2D eigenvalue weighted by molar-refractivity contribution is 0.147. The van der Waals surface area contributed by atoms with E-state index in [1.165, 1.54) is 5.56 Å². The molecule has 0 aliphatic rings. The van der Waals surface area contributed by atoms with Crippen molar-refractivity contribution in [2.24, 2.45) is 0 Å². The zero-order chi connectivity index (χ0) is 12.8. The first-order valence-corrected chi connectivity index (χ1v) is 6.24. The molecule has 1 aromatic heterocycles. The van der Waals surface area contributed by atoms with Gasteiger partial charge < -0.3 is 14.8 Å². The maximum atomic E-state index is 9.84. The van der Waals surface area contributed by atoms with Gasteiger partial charge in [0.2, 0.25) is 0 Å². The molecule has 0 fully saturated rings. The Morgan fingerprint density at radius 3 is 2.56 bits per heavy atom. The quantitative estimate of drug-likeness (QED) is 0.822. The smallest absolute Gasteiger partial charge is 0.133 e. The van der Waals surface area contributed by atoms with Gasteiger partial charge in [-0.2, -0.15) is 0 Å². The molecule has 2 atom stereocenters. The van der Waals surface area contributed by atoms with Gasteiger partial charge in [0.25, 0.3) is 0 Å². The van der Waals surface area contributed by atoms with Crippen LogP contribution in [-0.2, 0) is 0 Å². The molecule has 18 heavy (non-hydrogen) atoms. The van der Waals surface area contributed by atoms with Crippen LogP contribution in [0.3, 0.4) is 0 Å². The van der Waals surface area contributed by atoms with E-state index in [9.17, 15) is 5.11 Å². The third-order valence-corrected chi connectivity index (χ3v) is 3.03. The average Bonchev–Trinajstić information content (AvgIpc) is 2.93. The van der Waals surface area contributed by atoms with Crippen LogP contribution >= 0.6 is 0 Å². The summed E-state index contributed by atoms with van der Waals surface area (Å²) in [6, 6.07) is 13.9. The highest BCUT2D eigenvalue weighted by Gasteiger charge is 2.10. The minimum Gasteiger partial charge on any atom is -0.467 e. The Balaban J connectivity index is 1.76. The van der Waals surface area contributed by atoms with Gasteiger partial charge in [-0.05, 0) is 23.6 Å². The lowest BCUT2D eigenvalue weighted by Crippen LogP contribution is -2.25. The van der Waals surface area contributed by atoms with Crippen LogP contribution in [0, 0.1) is 0 Å². The van der Waals surface area contributed by atoms with Crippen molar-refractivity contribution in [2.45, 2.75) is 18.9 Å². The predicted molar refractivity (Wildman–Crippen MR) is 71.4 cm³/mol. The number of hydrogen-bond donors (Lipinski definition) is 2. The molecule has 0 bridgehead atoms. The van der Waals surface area contributed by atoms with Crippen LogP contribution in [0.2, 0.25) is 0 Å². The second-order valence-electron chi connectivity index (χ2n) is 4.50. The van der Waals surface area contributed by atoms with Crippen molar-refractivity contribution in [2.75, 3.05) is 13.1 Å². The van der Waals surface area contributed by atoms with Crippen LogP contribution in [0.5, 0.6) is 0 Å². The summed E-state index contributed by atoms with van der Waals surface area (Å²) in [4.78, 5) is 0. The summed E-state index contributed by atoms with van der Waals surface area (Å²) in [6.45, 7) is 3.51. The Labute approximate surface area is 107 Å². The topological polar surface area (TPSA) is 45.4 Å². The molecule has 96 valence electrons. The van der Waals surface area contributed by atoms with Crippen molar-refractivity contribution in [1.29, 1.82) is 0 Å². The van der Waals surface area contributed by atoms with Gasteiger partial charge >= 0.3 is 0 Å². The van der Waals surface area contributed by atoms with Crippen molar-refractivity contribution >= 4 is 0 Å². The van der Waals surface area contributed by atoms with Crippen LogP contribution in [0.4, 0.5) is 0 Å². The molecule has 1 aromatic carbocycles. The molecule has 0 amide bonds. The van der Waals surface area contributed by atoms with E-state index >= 15 is 0 Å². The summed E-state index contributed by atoms with van der Waals surface area (Å²) in [5.41, 5.74) is 1.30. The second kappa shape index (κ2) is 6.38. The Bertz CT molecular complexity index is 439. The van der Waals surface area contributed by atoms with Crippen LogP contribution in [0.1, 0.15) is 30.3 Å². The monoisotopic (exact) mass is 245 g/mol. The molecule has 2 N–H and O–H groups in total. The number of nitrogens with one attached hydrogen (secondary N) is 1.